The number of amides is 2. The molecule has 5 rings (SSSR count). The van der Waals surface area contributed by atoms with Crippen molar-refractivity contribution in [3.8, 4) is 16.3 Å². The van der Waals surface area contributed by atoms with E-state index >= 15 is 0 Å². The summed E-state index contributed by atoms with van der Waals surface area (Å²) in [6, 6.07) is 14.7. The number of thiazole rings is 1. The van der Waals surface area contributed by atoms with E-state index in [2.05, 4.69) is 10.3 Å². The topological polar surface area (TPSA) is 129 Å². The highest BCUT2D eigenvalue weighted by atomic mass is 32.2. The summed E-state index contributed by atoms with van der Waals surface area (Å²) in [6.45, 7) is 3.60. The van der Waals surface area contributed by atoms with Crippen molar-refractivity contribution in [3.05, 3.63) is 82.7 Å². The molecule has 1 aliphatic heterocycles. The van der Waals surface area contributed by atoms with Gasteiger partial charge in [-0.3, -0.25) is 9.59 Å². The van der Waals surface area contributed by atoms with Crippen LogP contribution in [0.1, 0.15) is 34.6 Å². The number of thiophene rings is 1. The molecule has 3 atom stereocenters. The maximum atomic E-state index is 13.7. The van der Waals surface area contributed by atoms with Gasteiger partial charge in [-0.15, -0.1) is 22.7 Å². The molecule has 0 spiro atoms. The van der Waals surface area contributed by atoms with Crippen LogP contribution in [0.4, 0.5) is 5.69 Å². The van der Waals surface area contributed by atoms with Gasteiger partial charge in [-0.25, -0.2) is 13.4 Å². The second kappa shape index (κ2) is 12.9. The van der Waals surface area contributed by atoms with Gasteiger partial charge in [-0.05, 0) is 42.6 Å². The third-order valence-corrected chi connectivity index (χ3v) is 11.4. The number of carbonyl (C=O) groups excluding carboxylic acids is 2. The molecule has 0 fully saturated rings. The number of para-hydroxylation sites is 1. The lowest BCUT2D eigenvalue weighted by Gasteiger charge is -2.38. The average Bonchev–Trinajstić information content (AvgIpc) is 3.74. The minimum atomic E-state index is -3.77. The fraction of sp³-hybridized carbons (Fsp3) is 0.300. The lowest BCUT2D eigenvalue weighted by Crippen LogP contribution is -2.50. The minimum Gasteiger partial charge on any atom is -0.486 e. The smallest absolute Gasteiger partial charge is 0.258 e. The van der Waals surface area contributed by atoms with Gasteiger partial charge in [-0.2, -0.15) is 4.31 Å². The number of hydrogen-bond acceptors (Lipinski definition) is 9. The van der Waals surface area contributed by atoms with Crippen LogP contribution in [0.25, 0.3) is 10.6 Å². The van der Waals surface area contributed by atoms with Crippen LogP contribution < -0.4 is 10.1 Å². The van der Waals surface area contributed by atoms with Crippen molar-refractivity contribution in [2.24, 2.45) is 5.92 Å². The van der Waals surface area contributed by atoms with E-state index in [1.807, 2.05) is 24.4 Å². The van der Waals surface area contributed by atoms with Gasteiger partial charge in [0.05, 0.1) is 30.4 Å². The van der Waals surface area contributed by atoms with E-state index in [0.717, 1.165) is 21.9 Å². The number of likely N-dealkylation sites (N-methyl/N-ethyl adjacent to an activating group) is 1. The number of nitrogens with one attached hydrogen (secondary N) is 1. The molecule has 2 amide bonds. The number of hydrogen-bond donors (Lipinski definition) is 2. The zero-order chi connectivity index (χ0) is 30.7. The molecule has 0 saturated carbocycles. The van der Waals surface area contributed by atoms with Crippen LogP contribution in [0.5, 0.6) is 5.75 Å². The summed E-state index contributed by atoms with van der Waals surface area (Å²) in [7, 11) is -2.28. The molecule has 0 aliphatic carbocycles. The molecule has 0 radical (unpaired) electrons. The molecule has 2 N–H and O–H groups in total. The van der Waals surface area contributed by atoms with Gasteiger partial charge in [0.15, 0.2) is 5.75 Å². The highest BCUT2D eigenvalue weighted by Gasteiger charge is 2.36. The van der Waals surface area contributed by atoms with E-state index in [4.69, 9.17) is 4.74 Å². The molecule has 10 nitrogen and oxygen atoms in total. The summed E-state index contributed by atoms with van der Waals surface area (Å²) in [5.74, 6) is -0.937. The highest BCUT2D eigenvalue weighted by Crippen LogP contribution is 2.36. The third-order valence-electron chi connectivity index (χ3n) is 7.36. The first-order valence-corrected chi connectivity index (χ1v) is 16.8. The van der Waals surface area contributed by atoms with E-state index in [0.29, 0.717) is 5.56 Å². The van der Waals surface area contributed by atoms with Crippen molar-refractivity contribution < 1.29 is 27.9 Å². The van der Waals surface area contributed by atoms with Crippen LogP contribution in [0.2, 0.25) is 0 Å². The van der Waals surface area contributed by atoms with Gasteiger partial charge in [0.25, 0.3) is 21.8 Å². The molecule has 0 unspecified atom stereocenters. The van der Waals surface area contributed by atoms with Crippen molar-refractivity contribution in [1.82, 2.24) is 14.2 Å². The second-order valence-corrected chi connectivity index (χ2v) is 14.5. The summed E-state index contributed by atoms with van der Waals surface area (Å²) in [6.07, 6.45) is 1.03. The van der Waals surface area contributed by atoms with Gasteiger partial charge < -0.3 is 20.1 Å². The monoisotopic (exact) mass is 640 g/mol. The van der Waals surface area contributed by atoms with Crippen LogP contribution >= 0.6 is 22.7 Å². The van der Waals surface area contributed by atoms with Crippen LogP contribution in [0.15, 0.2) is 75.8 Å². The van der Waals surface area contributed by atoms with Gasteiger partial charge >= 0.3 is 0 Å². The number of carbonyl (C=O) groups is 2. The SMILES string of the molecule is C[C@@H]1CN([C@H](C)CO)C(=O)c2cccc(NC(=O)c3ccc(-c4nccs4)cc3)c2O[C@@H]1CN(C)S(=O)(=O)c1cccs1. The Labute approximate surface area is 258 Å². The zero-order valence-corrected chi connectivity index (χ0v) is 26.3. The van der Waals surface area contributed by atoms with Gasteiger partial charge in [0.1, 0.15) is 15.3 Å². The maximum Gasteiger partial charge on any atom is 0.258 e. The minimum absolute atomic E-state index is 0.00310. The molecule has 13 heteroatoms. The number of ether oxygens (including phenoxy) is 1. The van der Waals surface area contributed by atoms with E-state index in [1.54, 1.807) is 65.9 Å². The van der Waals surface area contributed by atoms with Crippen molar-refractivity contribution in [2.45, 2.75) is 30.2 Å². The number of aromatic nitrogens is 1. The number of aliphatic hydroxyl groups is 1. The Balaban J connectivity index is 1.47. The number of fused-ring (bicyclic) bond motifs is 1. The standard InChI is InChI=1S/C30H32N4O6S3/c1-19-16-34(20(2)18-35)30(37)23-6-4-7-24(32-28(36)21-9-11-22(12-10-21)29-31-13-15-42-29)27(23)40-25(19)17-33(3)43(38,39)26-8-5-14-41-26/h4-15,19-20,25,35H,16-18H2,1-3H3,(H,32,36)/t19-,20-,25-/m1/s1. The molecule has 226 valence electrons. The number of rotatable bonds is 9. The van der Waals surface area contributed by atoms with Crippen molar-refractivity contribution in [3.63, 3.8) is 0 Å². The Morgan fingerprint density at radius 2 is 1.93 bits per heavy atom. The number of sulfonamides is 1. The lowest BCUT2D eigenvalue weighted by atomic mass is 9.99. The molecule has 43 heavy (non-hydrogen) atoms. The Hall–Kier alpha value is -3.62. The summed E-state index contributed by atoms with van der Waals surface area (Å²) < 4.78 is 34.4. The summed E-state index contributed by atoms with van der Waals surface area (Å²) in [5, 5.41) is 17.2. The zero-order valence-electron chi connectivity index (χ0n) is 23.8. The highest BCUT2D eigenvalue weighted by molar-refractivity contribution is 7.91. The molecule has 2 aromatic carbocycles. The first-order valence-electron chi connectivity index (χ1n) is 13.6. The summed E-state index contributed by atoms with van der Waals surface area (Å²) in [4.78, 5) is 33.0. The predicted octanol–water partition coefficient (Wildman–Crippen LogP) is 4.66. The number of benzene rings is 2. The lowest BCUT2D eigenvalue weighted by molar-refractivity contribution is 0.0388. The predicted molar refractivity (Wildman–Crippen MR) is 167 cm³/mol. The van der Waals surface area contributed by atoms with E-state index < -0.39 is 28.1 Å². The van der Waals surface area contributed by atoms with Crippen molar-refractivity contribution in [2.75, 3.05) is 32.1 Å². The first kappa shape index (κ1) is 30.8. The first-order chi connectivity index (χ1) is 20.6. The maximum absolute atomic E-state index is 13.7. The molecule has 3 heterocycles. The Kier molecular flexibility index (Phi) is 9.28. The Morgan fingerprint density at radius 3 is 2.58 bits per heavy atom. The third kappa shape index (κ3) is 6.50. The van der Waals surface area contributed by atoms with Gasteiger partial charge in [0, 0.05) is 42.2 Å². The Bertz CT molecular complexity index is 1680. The quantitative estimate of drug-likeness (QED) is 0.272. The molecule has 4 aromatic rings. The van der Waals surface area contributed by atoms with E-state index in [9.17, 15) is 23.1 Å². The van der Waals surface area contributed by atoms with Crippen LogP contribution in [-0.2, 0) is 10.0 Å². The summed E-state index contributed by atoms with van der Waals surface area (Å²) >= 11 is 2.63. The number of anilines is 1. The van der Waals surface area contributed by atoms with E-state index in [-0.39, 0.29) is 52.7 Å². The van der Waals surface area contributed by atoms with Crippen LogP contribution in [0.3, 0.4) is 0 Å². The molecule has 1 aliphatic rings. The van der Waals surface area contributed by atoms with Crippen LogP contribution in [0, 0.1) is 5.92 Å². The number of aliphatic hydroxyl groups excluding tert-OH is 1. The average molecular weight is 641 g/mol. The van der Waals surface area contributed by atoms with Crippen molar-refractivity contribution in [1.29, 1.82) is 0 Å². The van der Waals surface area contributed by atoms with Crippen LogP contribution in [-0.4, -0.2) is 78.4 Å². The van der Waals surface area contributed by atoms with Crippen molar-refractivity contribution >= 4 is 50.2 Å². The summed E-state index contributed by atoms with van der Waals surface area (Å²) in [5.41, 5.74) is 1.77. The second-order valence-electron chi connectivity index (χ2n) is 10.4. The fourth-order valence-electron chi connectivity index (χ4n) is 4.80. The molecule has 2 aromatic heterocycles. The van der Waals surface area contributed by atoms with Gasteiger partial charge in [0.2, 0.25) is 0 Å². The molecule has 0 saturated heterocycles. The van der Waals surface area contributed by atoms with E-state index in [1.165, 1.54) is 22.7 Å². The molecular weight excluding hydrogens is 609 g/mol. The normalized spacial score (nSPS) is 18.0. The fourth-order valence-corrected chi connectivity index (χ4v) is 7.83. The Morgan fingerprint density at radius 1 is 1.16 bits per heavy atom. The largest absolute Gasteiger partial charge is 0.486 e. The molecule has 0 bridgehead atoms. The van der Waals surface area contributed by atoms with Gasteiger partial charge in [-0.1, -0.05) is 31.2 Å². The molecular formula is C30H32N4O6S3. The number of nitrogens with zero attached hydrogens (tertiary/aromatic N) is 3.